The number of amides is 1. The molecule has 184 valence electrons. The van der Waals surface area contributed by atoms with Crippen LogP contribution in [0, 0.1) is 0 Å². The number of fused-ring (bicyclic) bond motifs is 1. The number of quaternary nitrogens is 1. The third kappa shape index (κ3) is 6.60. The van der Waals surface area contributed by atoms with Crippen LogP contribution in [0.1, 0.15) is 31.4 Å². The lowest BCUT2D eigenvalue weighted by atomic mass is 10.1. The minimum absolute atomic E-state index is 0.0945. The van der Waals surface area contributed by atoms with Crippen LogP contribution in [0.3, 0.4) is 0 Å². The summed E-state index contributed by atoms with van der Waals surface area (Å²) in [7, 11) is 0. The van der Waals surface area contributed by atoms with E-state index in [1.54, 1.807) is 6.07 Å². The Balaban J connectivity index is 1.63. The molecule has 1 heterocycles. The molecule has 0 aliphatic carbocycles. The van der Waals surface area contributed by atoms with E-state index in [9.17, 15) is 14.7 Å². The van der Waals surface area contributed by atoms with Gasteiger partial charge >= 0.3 is 4.87 Å². The number of nitrogens with zero attached hydrogens (tertiary/aromatic N) is 1. The van der Waals surface area contributed by atoms with Gasteiger partial charge in [-0.15, -0.1) is 0 Å². The number of aromatic nitrogens is 1. The maximum Gasteiger partial charge on any atom is 0.305 e. The summed E-state index contributed by atoms with van der Waals surface area (Å²) in [6.07, 6.45) is 1.92. The Morgan fingerprint density at radius 2 is 1.88 bits per heavy atom. The van der Waals surface area contributed by atoms with Gasteiger partial charge in [0, 0.05) is 18.0 Å². The number of primary amides is 1. The lowest BCUT2D eigenvalue weighted by molar-refractivity contribution is -0.946. The monoisotopic (exact) mass is 505 g/mol. The number of hydrogen-bond donors (Lipinski definition) is 4. The molecule has 2 aromatic carbocycles. The van der Waals surface area contributed by atoms with E-state index in [1.165, 1.54) is 0 Å². The fraction of sp³-hybridized carbons (Fsp3) is 0.440. The second-order valence-electron chi connectivity index (χ2n) is 9.00. The first kappa shape index (κ1) is 26.2. The van der Waals surface area contributed by atoms with Crippen molar-refractivity contribution in [3.05, 3.63) is 62.2 Å². The summed E-state index contributed by atoms with van der Waals surface area (Å²) >= 11 is 7.51. The summed E-state index contributed by atoms with van der Waals surface area (Å²) in [6.45, 7) is 8.32. The molecule has 0 saturated heterocycles. The summed E-state index contributed by atoms with van der Waals surface area (Å²) in [5.74, 6) is -0.187. The molecule has 0 spiro atoms. The van der Waals surface area contributed by atoms with Gasteiger partial charge in [0.25, 0.3) is 0 Å². The number of H-pyrrole nitrogens is 1. The number of halogens is 1. The van der Waals surface area contributed by atoms with Crippen molar-refractivity contribution in [2.75, 3.05) is 32.7 Å². The average molecular weight is 506 g/mol. The fourth-order valence-electron chi connectivity index (χ4n) is 4.41. The number of thiazole rings is 1. The maximum absolute atomic E-state index is 11.7. The van der Waals surface area contributed by atoms with Crippen LogP contribution in [-0.4, -0.2) is 59.2 Å². The van der Waals surface area contributed by atoms with E-state index in [0.29, 0.717) is 24.5 Å². The zero-order valence-corrected chi connectivity index (χ0v) is 21.3. The molecule has 0 fully saturated rings. The first-order valence-electron chi connectivity index (χ1n) is 11.6. The van der Waals surface area contributed by atoms with Crippen molar-refractivity contribution in [3.63, 3.8) is 0 Å². The molecular weight excluding hydrogens is 472 g/mol. The Morgan fingerprint density at radius 3 is 2.59 bits per heavy atom. The van der Waals surface area contributed by atoms with Crippen molar-refractivity contribution >= 4 is 39.1 Å². The van der Waals surface area contributed by atoms with Crippen LogP contribution in [0.4, 0.5) is 0 Å². The maximum atomic E-state index is 11.7. The van der Waals surface area contributed by atoms with Crippen LogP contribution < -0.4 is 15.9 Å². The molecule has 3 aromatic rings. The predicted molar refractivity (Wildman–Crippen MR) is 140 cm³/mol. The smallest absolute Gasteiger partial charge is 0.305 e. The largest absolute Gasteiger partial charge is 0.506 e. The Morgan fingerprint density at radius 1 is 1.12 bits per heavy atom. The van der Waals surface area contributed by atoms with Crippen LogP contribution in [0.5, 0.6) is 5.75 Å². The minimum atomic E-state index is -0.282. The molecule has 1 atom stereocenters. The number of hydrogen-bond acceptors (Lipinski definition) is 5. The third-order valence-electron chi connectivity index (χ3n) is 6.63. The Labute approximate surface area is 209 Å². The highest BCUT2D eigenvalue weighted by atomic mass is 35.5. The first-order chi connectivity index (χ1) is 16.2. The van der Waals surface area contributed by atoms with Crippen molar-refractivity contribution in [2.24, 2.45) is 5.73 Å². The Hall–Kier alpha value is -2.39. The molecule has 1 aromatic heterocycles. The zero-order chi connectivity index (χ0) is 24.7. The Bertz CT molecular complexity index is 1180. The van der Waals surface area contributed by atoms with Crippen LogP contribution in [-0.2, 0) is 17.6 Å². The van der Waals surface area contributed by atoms with Gasteiger partial charge in [-0.05, 0) is 50.1 Å². The predicted octanol–water partition coefficient (Wildman–Crippen LogP) is 3.42. The minimum Gasteiger partial charge on any atom is -0.506 e. The number of phenols is 1. The highest BCUT2D eigenvalue weighted by Crippen LogP contribution is 2.28. The summed E-state index contributed by atoms with van der Waals surface area (Å²) in [5.41, 5.74) is 8.15. The number of aromatic hydroxyl groups is 1. The quantitative estimate of drug-likeness (QED) is 0.211. The molecule has 0 saturated carbocycles. The van der Waals surface area contributed by atoms with E-state index < -0.39 is 0 Å². The van der Waals surface area contributed by atoms with E-state index in [1.807, 2.05) is 24.3 Å². The molecule has 3 rings (SSSR count). The van der Waals surface area contributed by atoms with Gasteiger partial charge in [-0.25, -0.2) is 0 Å². The van der Waals surface area contributed by atoms with E-state index in [0.717, 1.165) is 75.7 Å². The number of phenolic OH excluding ortho intramolecular Hbond substituents is 1. The second-order valence-corrected chi connectivity index (χ2v) is 10.4. The summed E-state index contributed by atoms with van der Waals surface area (Å²) in [6, 6.07) is 11.7. The highest BCUT2D eigenvalue weighted by molar-refractivity contribution is 7.16. The number of rotatable bonds is 13. The zero-order valence-electron chi connectivity index (χ0n) is 19.8. The highest BCUT2D eigenvalue weighted by Gasteiger charge is 2.31. The van der Waals surface area contributed by atoms with Gasteiger partial charge in [0.1, 0.15) is 11.3 Å². The van der Waals surface area contributed by atoms with Crippen LogP contribution in [0.15, 0.2) is 41.2 Å². The van der Waals surface area contributed by atoms with Gasteiger partial charge in [-0.1, -0.05) is 47.2 Å². The average Bonchev–Trinajstić information content (AvgIpc) is 3.19. The van der Waals surface area contributed by atoms with Crippen molar-refractivity contribution in [3.8, 4) is 5.75 Å². The van der Waals surface area contributed by atoms with Gasteiger partial charge in [-0.3, -0.25) is 9.59 Å². The number of nitrogens with two attached hydrogens (primary N) is 1. The molecular formula is C25H34ClN4O3S+. The summed E-state index contributed by atoms with van der Waals surface area (Å²) in [5, 5.41) is 14.3. The van der Waals surface area contributed by atoms with Gasteiger partial charge < -0.3 is 25.6 Å². The molecule has 0 radical (unpaired) electrons. The van der Waals surface area contributed by atoms with Crippen LogP contribution in [0.2, 0.25) is 5.02 Å². The normalized spacial score (nSPS) is 13.4. The molecule has 0 bridgehead atoms. The lowest BCUT2D eigenvalue weighted by Gasteiger charge is -2.43. The van der Waals surface area contributed by atoms with Crippen molar-refractivity contribution in [1.29, 1.82) is 0 Å². The standard InChI is InChI=1S/C25H33ClN4O3S/c1-17(2)30(15-11-22(27)32,14-10-18-5-3-4-6-20(18)26)16-13-28-12-9-19-7-8-21(31)23-24(19)34-25(33)29-23/h3-8,17,28H,9-16H2,1-2H3,(H3-,27,29,31,32,33)/p+1. The van der Waals surface area contributed by atoms with Gasteiger partial charge in [0.15, 0.2) is 0 Å². The van der Waals surface area contributed by atoms with E-state index >= 15 is 0 Å². The molecule has 1 amide bonds. The van der Waals surface area contributed by atoms with Crippen molar-refractivity contribution < 1.29 is 14.4 Å². The number of carbonyl (C=O) groups is 1. The van der Waals surface area contributed by atoms with Crippen molar-refractivity contribution in [1.82, 2.24) is 10.3 Å². The van der Waals surface area contributed by atoms with Crippen LogP contribution >= 0.6 is 22.9 Å². The van der Waals surface area contributed by atoms with Gasteiger partial charge in [-0.2, -0.15) is 0 Å². The van der Waals surface area contributed by atoms with Gasteiger partial charge in [0.2, 0.25) is 5.91 Å². The molecule has 34 heavy (non-hydrogen) atoms. The molecule has 9 heteroatoms. The number of aromatic amines is 1. The topological polar surface area (TPSA) is 108 Å². The molecule has 1 unspecified atom stereocenters. The first-order valence-corrected chi connectivity index (χ1v) is 12.8. The Kier molecular flexibility index (Phi) is 9.13. The number of nitrogens with one attached hydrogen (secondary N) is 2. The SMILES string of the molecule is CC(C)[N+](CCNCCc1ccc(O)c2[nH]c(=O)sc12)(CCC(N)=O)CCc1ccccc1Cl. The number of carbonyl (C=O) groups excluding carboxylic acids is 1. The third-order valence-corrected chi connectivity index (χ3v) is 7.95. The van der Waals surface area contributed by atoms with Crippen LogP contribution in [0.25, 0.3) is 10.2 Å². The second kappa shape index (κ2) is 11.8. The van der Waals surface area contributed by atoms with E-state index in [2.05, 4.69) is 30.2 Å². The summed E-state index contributed by atoms with van der Waals surface area (Å²) < 4.78 is 1.57. The van der Waals surface area contributed by atoms with E-state index in [4.69, 9.17) is 17.3 Å². The van der Waals surface area contributed by atoms with Crippen molar-refractivity contribution in [2.45, 2.75) is 39.2 Å². The molecule has 7 nitrogen and oxygen atoms in total. The molecule has 0 aliphatic heterocycles. The van der Waals surface area contributed by atoms with Gasteiger partial charge in [0.05, 0.1) is 36.8 Å². The molecule has 5 N–H and O–H groups in total. The lowest BCUT2D eigenvalue weighted by Crippen LogP contribution is -2.58. The van der Waals surface area contributed by atoms with E-state index in [-0.39, 0.29) is 16.5 Å². The number of benzene rings is 2. The summed E-state index contributed by atoms with van der Waals surface area (Å²) in [4.78, 5) is 25.9. The molecule has 0 aliphatic rings. The fourth-order valence-corrected chi connectivity index (χ4v) is 5.53.